The van der Waals surface area contributed by atoms with Crippen LogP contribution in [0.3, 0.4) is 0 Å². The smallest absolute Gasteiger partial charge is 0.0441 e. The number of aromatic nitrogens is 1. The minimum absolute atomic E-state index is 0.605. The van der Waals surface area contributed by atoms with Crippen molar-refractivity contribution in [2.45, 2.75) is 52.9 Å². The maximum atomic E-state index is 4.74. The van der Waals surface area contributed by atoms with Crippen molar-refractivity contribution in [1.82, 2.24) is 4.98 Å². The first-order valence-corrected chi connectivity index (χ1v) is 5.60. The average molecular weight is 189 g/mol. The quantitative estimate of drug-likeness (QED) is 0.660. The van der Waals surface area contributed by atoms with Gasteiger partial charge in [0.15, 0.2) is 0 Å². The Bertz CT molecular complexity index is 364. The van der Waals surface area contributed by atoms with E-state index in [1.807, 2.05) is 0 Å². The highest BCUT2D eigenvalue weighted by Crippen LogP contribution is 2.31. The first kappa shape index (κ1) is 9.70. The molecule has 1 aliphatic rings. The van der Waals surface area contributed by atoms with Crippen molar-refractivity contribution >= 4 is 0 Å². The lowest BCUT2D eigenvalue weighted by Crippen LogP contribution is -2.04. The number of fused-ring (bicyclic) bond motifs is 1. The van der Waals surface area contributed by atoms with Gasteiger partial charge >= 0.3 is 0 Å². The highest BCUT2D eigenvalue weighted by atomic mass is 14.7. The molecular formula is C13H19N. The van der Waals surface area contributed by atoms with Crippen LogP contribution < -0.4 is 0 Å². The molecule has 0 fully saturated rings. The second-order valence-corrected chi connectivity index (χ2v) is 4.67. The van der Waals surface area contributed by atoms with E-state index in [0.29, 0.717) is 5.92 Å². The molecule has 0 saturated carbocycles. The van der Waals surface area contributed by atoms with Gasteiger partial charge in [-0.3, -0.25) is 4.98 Å². The molecular weight excluding hydrogens is 170 g/mol. The maximum Gasteiger partial charge on any atom is 0.0441 e. The molecule has 1 heteroatoms. The molecule has 2 rings (SSSR count). The summed E-state index contributed by atoms with van der Waals surface area (Å²) in [6, 6.07) is 0. The molecule has 0 radical (unpaired) electrons. The van der Waals surface area contributed by atoms with Crippen LogP contribution in [0.2, 0.25) is 0 Å². The minimum Gasteiger partial charge on any atom is -0.258 e. The Hall–Kier alpha value is -0.850. The van der Waals surface area contributed by atoms with E-state index < -0.39 is 0 Å². The van der Waals surface area contributed by atoms with Gasteiger partial charge in [-0.15, -0.1) is 0 Å². The van der Waals surface area contributed by atoms with Crippen LogP contribution in [-0.2, 0) is 12.8 Å². The van der Waals surface area contributed by atoms with Crippen molar-refractivity contribution in [1.29, 1.82) is 0 Å². The van der Waals surface area contributed by atoms with Crippen molar-refractivity contribution in [3.63, 3.8) is 0 Å². The summed E-state index contributed by atoms with van der Waals surface area (Å²) in [6.07, 6.45) is 3.73. The van der Waals surface area contributed by atoms with Crippen LogP contribution in [0.25, 0.3) is 0 Å². The van der Waals surface area contributed by atoms with Crippen molar-refractivity contribution in [2.75, 3.05) is 0 Å². The summed E-state index contributed by atoms with van der Waals surface area (Å²) in [6.45, 7) is 8.95. The van der Waals surface area contributed by atoms with Crippen LogP contribution >= 0.6 is 0 Å². The van der Waals surface area contributed by atoms with Gasteiger partial charge in [-0.1, -0.05) is 13.8 Å². The van der Waals surface area contributed by atoms with E-state index in [-0.39, 0.29) is 0 Å². The summed E-state index contributed by atoms with van der Waals surface area (Å²) in [5, 5.41) is 0. The highest BCUT2D eigenvalue weighted by molar-refractivity contribution is 5.43. The third-order valence-corrected chi connectivity index (χ3v) is 3.32. The van der Waals surface area contributed by atoms with E-state index >= 15 is 0 Å². The molecule has 1 heterocycles. The van der Waals surface area contributed by atoms with E-state index in [1.165, 1.54) is 41.8 Å². The molecule has 14 heavy (non-hydrogen) atoms. The van der Waals surface area contributed by atoms with E-state index in [9.17, 15) is 0 Å². The number of aryl methyl sites for hydroxylation is 2. The Morgan fingerprint density at radius 2 is 1.86 bits per heavy atom. The molecule has 76 valence electrons. The fourth-order valence-corrected chi connectivity index (χ4v) is 2.80. The molecule has 1 nitrogen and oxygen atoms in total. The lowest BCUT2D eigenvalue weighted by Gasteiger charge is -2.16. The molecule has 0 amide bonds. The van der Waals surface area contributed by atoms with Crippen LogP contribution in [0.5, 0.6) is 0 Å². The molecule has 0 N–H and O–H groups in total. The first-order chi connectivity index (χ1) is 6.61. The van der Waals surface area contributed by atoms with Crippen molar-refractivity contribution in [3.05, 3.63) is 28.1 Å². The van der Waals surface area contributed by atoms with Gasteiger partial charge in [0, 0.05) is 11.4 Å². The van der Waals surface area contributed by atoms with Gasteiger partial charge in [0.2, 0.25) is 0 Å². The topological polar surface area (TPSA) is 12.9 Å². The van der Waals surface area contributed by atoms with Crippen LogP contribution in [0, 0.1) is 13.8 Å². The molecule has 1 aromatic heterocycles. The fourth-order valence-electron chi connectivity index (χ4n) is 2.80. The van der Waals surface area contributed by atoms with Crippen molar-refractivity contribution in [3.8, 4) is 0 Å². The monoisotopic (exact) mass is 189 g/mol. The predicted molar refractivity (Wildman–Crippen MR) is 59.8 cm³/mol. The Kier molecular flexibility index (Phi) is 2.34. The Labute approximate surface area is 86.6 Å². The molecule has 0 aliphatic heterocycles. The lowest BCUT2D eigenvalue weighted by molar-refractivity contribution is 0.822. The average Bonchev–Trinajstić information content (AvgIpc) is 2.50. The van der Waals surface area contributed by atoms with Gasteiger partial charge < -0.3 is 0 Å². The normalized spacial score (nSPS) is 14.9. The summed E-state index contributed by atoms with van der Waals surface area (Å²) in [5.74, 6) is 0.605. The van der Waals surface area contributed by atoms with Gasteiger partial charge in [0.1, 0.15) is 0 Å². The molecule has 0 bridgehead atoms. The summed E-state index contributed by atoms with van der Waals surface area (Å²) in [7, 11) is 0. The van der Waals surface area contributed by atoms with Gasteiger partial charge in [-0.25, -0.2) is 0 Å². The zero-order valence-corrected chi connectivity index (χ0v) is 9.65. The number of hydrogen-bond acceptors (Lipinski definition) is 1. The fraction of sp³-hybridized carbons (Fsp3) is 0.615. The lowest BCUT2D eigenvalue weighted by atomic mass is 9.93. The van der Waals surface area contributed by atoms with Crippen LogP contribution in [-0.4, -0.2) is 4.98 Å². The second kappa shape index (κ2) is 3.38. The standard InChI is InChI=1S/C13H19N/c1-8(2)13-9(3)11-6-5-7-12(11)14-10(13)4/h8H,5-7H2,1-4H3. The van der Waals surface area contributed by atoms with E-state index in [4.69, 9.17) is 4.98 Å². The summed E-state index contributed by atoms with van der Waals surface area (Å²) in [4.78, 5) is 4.74. The summed E-state index contributed by atoms with van der Waals surface area (Å²) < 4.78 is 0. The van der Waals surface area contributed by atoms with Crippen molar-refractivity contribution < 1.29 is 0 Å². The van der Waals surface area contributed by atoms with Crippen LogP contribution in [0.15, 0.2) is 0 Å². The number of nitrogens with zero attached hydrogens (tertiary/aromatic N) is 1. The van der Waals surface area contributed by atoms with E-state index in [0.717, 1.165) is 0 Å². The molecule has 0 atom stereocenters. The van der Waals surface area contributed by atoms with E-state index in [1.54, 1.807) is 5.56 Å². The third kappa shape index (κ3) is 1.35. The van der Waals surface area contributed by atoms with Gasteiger partial charge in [-0.2, -0.15) is 0 Å². The first-order valence-electron chi connectivity index (χ1n) is 5.60. The number of rotatable bonds is 1. The SMILES string of the molecule is Cc1nc2c(c(C)c1C(C)C)CCC2. The maximum absolute atomic E-state index is 4.74. The molecule has 0 aromatic carbocycles. The molecule has 1 aromatic rings. The van der Waals surface area contributed by atoms with E-state index in [2.05, 4.69) is 27.7 Å². The van der Waals surface area contributed by atoms with Crippen LogP contribution in [0.1, 0.15) is 54.3 Å². The zero-order valence-electron chi connectivity index (χ0n) is 9.65. The summed E-state index contributed by atoms with van der Waals surface area (Å²) in [5.41, 5.74) is 7.15. The van der Waals surface area contributed by atoms with Crippen LogP contribution in [0.4, 0.5) is 0 Å². The zero-order chi connectivity index (χ0) is 10.3. The number of pyridine rings is 1. The van der Waals surface area contributed by atoms with Gasteiger partial charge in [0.05, 0.1) is 0 Å². The largest absolute Gasteiger partial charge is 0.258 e. The Morgan fingerprint density at radius 1 is 1.14 bits per heavy atom. The van der Waals surface area contributed by atoms with Gasteiger partial charge in [0.25, 0.3) is 0 Å². The highest BCUT2D eigenvalue weighted by Gasteiger charge is 2.19. The Morgan fingerprint density at radius 3 is 2.50 bits per heavy atom. The van der Waals surface area contributed by atoms with Gasteiger partial charge in [-0.05, 0) is 55.7 Å². The third-order valence-electron chi connectivity index (χ3n) is 3.32. The Balaban J connectivity index is 2.62. The minimum atomic E-state index is 0.605. The summed E-state index contributed by atoms with van der Waals surface area (Å²) >= 11 is 0. The molecule has 0 unspecified atom stereocenters. The molecule has 0 spiro atoms. The molecule has 1 aliphatic carbocycles. The number of hydrogen-bond donors (Lipinski definition) is 0. The van der Waals surface area contributed by atoms with Crippen molar-refractivity contribution in [2.24, 2.45) is 0 Å². The predicted octanol–water partition coefficient (Wildman–Crippen LogP) is 3.31. The second-order valence-electron chi connectivity index (χ2n) is 4.67. The molecule has 0 saturated heterocycles.